The van der Waals surface area contributed by atoms with Crippen molar-refractivity contribution in [2.45, 2.75) is 57.4 Å². The first-order chi connectivity index (χ1) is 7.29. The Labute approximate surface area is 93.3 Å². The lowest BCUT2D eigenvalue weighted by Crippen LogP contribution is -2.55. The van der Waals surface area contributed by atoms with Crippen LogP contribution in [-0.4, -0.2) is 23.5 Å². The normalized spacial score (nSPS) is 38.5. The van der Waals surface area contributed by atoms with Gasteiger partial charge in [-0.3, -0.25) is 4.90 Å². The molecule has 2 atom stereocenters. The lowest BCUT2D eigenvalue weighted by atomic mass is 9.73. The summed E-state index contributed by atoms with van der Waals surface area (Å²) in [5, 5.41) is 9.57. The fraction of sp³-hybridized carbons (Fsp3) is 0.923. The SMILES string of the molecule is C[C@@H]1CCCC[C@@]1(C#N)N1CCCCC1. The molecule has 2 nitrogen and oxygen atoms in total. The molecule has 0 radical (unpaired) electrons. The van der Waals surface area contributed by atoms with Gasteiger partial charge in [-0.2, -0.15) is 5.26 Å². The summed E-state index contributed by atoms with van der Waals surface area (Å²) in [7, 11) is 0. The Morgan fingerprint density at radius 3 is 2.47 bits per heavy atom. The number of hydrogen-bond donors (Lipinski definition) is 0. The summed E-state index contributed by atoms with van der Waals surface area (Å²) >= 11 is 0. The number of rotatable bonds is 1. The minimum atomic E-state index is -0.112. The largest absolute Gasteiger partial charge is 0.285 e. The van der Waals surface area contributed by atoms with Crippen LogP contribution in [0.15, 0.2) is 0 Å². The second kappa shape index (κ2) is 4.53. The molecule has 1 aliphatic heterocycles. The molecular weight excluding hydrogens is 184 g/mol. The van der Waals surface area contributed by atoms with E-state index in [1.54, 1.807) is 0 Å². The van der Waals surface area contributed by atoms with Crippen molar-refractivity contribution in [1.29, 1.82) is 5.26 Å². The van der Waals surface area contributed by atoms with Gasteiger partial charge in [-0.05, 0) is 44.7 Å². The topological polar surface area (TPSA) is 27.0 Å². The van der Waals surface area contributed by atoms with E-state index in [0.29, 0.717) is 5.92 Å². The van der Waals surface area contributed by atoms with Crippen molar-refractivity contribution in [1.82, 2.24) is 4.90 Å². The van der Waals surface area contributed by atoms with Crippen LogP contribution in [0.4, 0.5) is 0 Å². The molecular formula is C13H22N2. The molecule has 0 aromatic heterocycles. The van der Waals surface area contributed by atoms with Crippen LogP contribution in [0, 0.1) is 17.2 Å². The molecule has 0 N–H and O–H groups in total. The third-order valence-corrected chi connectivity index (χ3v) is 4.37. The van der Waals surface area contributed by atoms with Crippen molar-refractivity contribution >= 4 is 0 Å². The Morgan fingerprint density at radius 1 is 1.13 bits per heavy atom. The van der Waals surface area contributed by atoms with Crippen molar-refractivity contribution in [3.8, 4) is 6.07 Å². The molecule has 0 aromatic rings. The summed E-state index contributed by atoms with van der Waals surface area (Å²) in [5.74, 6) is 0.564. The second-order valence-electron chi connectivity index (χ2n) is 5.23. The van der Waals surface area contributed by atoms with Gasteiger partial charge in [0.25, 0.3) is 0 Å². The minimum absolute atomic E-state index is 0.112. The summed E-state index contributed by atoms with van der Waals surface area (Å²) in [6.45, 7) is 4.58. The van der Waals surface area contributed by atoms with E-state index in [-0.39, 0.29) is 5.54 Å². The molecule has 84 valence electrons. The van der Waals surface area contributed by atoms with Crippen molar-refractivity contribution in [3.05, 3.63) is 0 Å². The smallest absolute Gasteiger partial charge is 0.111 e. The van der Waals surface area contributed by atoms with Gasteiger partial charge in [0.05, 0.1) is 6.07 Å². The first-order valence-corrected chi connectivity index (χ1v) is 6.46. The van der Waals surface area contributed by atoms with Gasteiger partial charge in [-0.25, -0.2) is 0 Å². The van der Waals surface area contributed by atoms with Crippen LogP contribution in [0.3, 0.4) is 0 Å². The molecule has 2 rings (SSSR count). The highest BCUT2D eigenvalue weighted by molar-refractivity contribution is 5.13. The van der Waals surface area contributed by atoms with Crippen LogP contribution < -0.4 is 0 Å². The molecule has 0 spiro atoms. The zero-order valence-electron chi connectivity index (χ0n) is 9.84. The Hall–Kier alpha value is -0.550. The maximum Gasteiger partial charge on any atom is 0.111 e. The average molecular weight is 206 g/mol. The summed E-state index contributed by atoms with van der Waals surface area (Å²) < 4.78 is 0. The maximum absolute atomic E-state index is 9.57. The van der Waals surface area contributed by atoms with Crippen LogP contribution in [0.25, 0.3) is 0 Å². The first-order valence-electron chi connectivity index (χ1n) is 6.46. The molecule has 2 fully saturated rings. The van der Waals surface area contributed by atoms with Gasteiger partial charge in [-0.15, -0.1) is 0 Å². The van der Waals surface area contributed by atoms with Crippen LogP contribution in [-0.2, 0) is 0 Å². The summed E-state index contributed by atoms with van der Waals surface area (Å²) in [4.78, 5) is 2.49. The maximum atomic E-state index is 9.57. The number of hydrogen-bond acceptors (Lipinski definition) is 2. The average Bonchev–Trinajstić information content (AvgIpc) is 2.31. The first kappa shape index (κ1) is 11.0. The van der Waals surface area contributed by atoms with Crippen molar-refractivity contribution < 1.29 is 0 Å². The van der Waals surface area contributed by atoms with E-state index in [0.717, 1.165) is 19.5 Å². The van der Waals surface area contributed by atoms with Gasteiger partial charge in [0.1, 0.15) is 5.54 Å². The fourth-order valence-electron chi connectivity index (χ4n) is 3.33. The fourth-order valence-corrected chi connectivity index (χ4v) is 3.33. The Bertz CT molecular complexity index is 250. The highest BCUT2D eigenvalue weighted by Gasteiger charge is 2.43. The number of nitrogens with zero attached hydrogens (tertiary/aromatic N) is 2. The highest BCUT2D eigenvalue weighted by atomic mass is 15.2. The molecule has 1 heterocycles. The van der Waals surface area contributed by atoms with Gasteiger partial charge in [0, 0.05) is 0 Å². The van der Waals surface area contributed by atoms with Gasteiger partial charge in [-0.1, -0.05) is 26.2 Å². The zero-order chi connectivity index (χ0) is 10.7. The monoisotopic (exact) mass is 206 g/mol. The van der Waals surface area contributed by atoms with E-state index in [1.807, 2.05) is 0 Å². The van der Waals surface area contributed by atoms with Crippen LogP contribution in [0.1, 0.15) is 51.9 Å². The van der Waals surface area contributed by atoms with E-state index in [1.165, 1.54) is 38.5 Å². The van der Waals surface area contributed by atoms with Gasteiger partial charge >= 0.3 is 0 Å². The third-order valence-electron chi connectivity index (χ3n) is 4.37. The Balaban J connectivity index is 2.15. The van der Waals surface area contributed by atoms with Crippen molar-refractivity contribution in [3.63, 3.8) is 0 Å². The van der Waals surface area contributed by atoms with E-state index < -0.39 is 0 Å². The molecule has 0 unspecified atom stereocenters. The number of nitriles is 1. The Morgan fingerprint density at radius 2 is 1.87 bits per heavy atom. The summed E-state index contributed by atoms with van der Waals surface area (Å²) in [5.41, 5.74) is -0.112. The molecule has 0 bridgehead atoms. The van der Waals surface area contributed by atoms with Crippen molar-refractivity contribution in [2.75, 3.05) is 13.1 Å². The van der Waals surface area contributed by atoms with E-state index in [4.69, 9.17) is 0 Å². The molecule has 2 aliphatic rings. The van der Waals surface area contributed by atoms with Crippen LogP contribution in [0.5, 0.6) is 0 Å². The predicted molar refractivity (Wildman–Crippen MR) is 61.4 cm³/mol. The zero-order valence-corrected chi connectivity index (χ0v) is 9.84. The minimum Gasteiger partial charge on any atom is -0.285 e. The quantitative estimate of drug-likeness (QED) is 0.659. The number of piperidine rings is 1. The van der Waals surface area contributed by atoms with Crippen molar-refractivity contribution in [2.24, 2.45) is 5.92 Å². The second-order valence-corrected chi connectivity index (χ2v) is 5.23. The van der Waals surface area contributed by atoms with Crippen LogP contribution in [0.2, 0.25) is 0 Å². The Kier molecular flexibility index (Phi) is 3.31. The summed E-state index contributed by atoms with van der Waals surface area (Å²) in [6, 6.07) is 2.66. The summed E-state index contributed by atoms with van der Waals surface area (Å²) in [6.07, 6.45) is 8.83. The van der Waals surface area contributed by atoms with E-state index in [9.17, 15) is 5.26 Å². The molecule has 1 aliphatic carbocycles. The highest BCUT2D eigenvalue weighted by Crippen LogP contribution is 2.39. The van der Waals surface area contributed by atoms with Crippen LogP contribution >= 0.6 is 0 Å². The molecule has 2 heteroatoms. The van der Waals surface area contributed by atoms with Gasteiger partial charge in [0.2, 0.25) is 0 Å². The molecule has 15 heavy (non-hydrogen) atoms. The van der Waals surface area contributed by atoms with E-state index in [2.05, 4.69) is 17.9 Å². The molecule has 0 aromatic carbocycles. The van der Waals surface area contributed by atoms with Gasteiger partial charge in [0.15, 0.2) is 0 Å². The standard InChI is InChI=1S/C13H22N2/c1-12-7-3-4-8-13(12,11-14)15-9-5-2-6-10-15/h12H,2-10H2,1H3/t12-,13+/m1/s1. The van der Waals surface area contributed by atoms with Gasteiger partial charge < -0.3 is 0 Å². The molecule has 0 amide bonds. The molecule has 1 saturated carbocycles. The lowest BCUT2D eigenvalue weighted by molar-refractivity contribution is 0.0373. The number of likely N-dealkylation sites (tertiary alicyclic amines) is 1. The van der Waals surface area contributed by atoms with E-state index >= 15 is 0 Å². The predicted octanol–water partition coefficient (Wildman–Crippen LogP) is 2.94. The lowest BCUT2D eigenvalue weighted by Gasteiger charge is -2.47. The third kappa shape index (κ3) is 1.90. The molecule has 1 saturated heterocycles.